The van der Waals surface area contributed by atoms with Gasteiger partial charge < -0.3 is 10.2 Å². The van der Waals surface area contributed by atoms with Crippen molar-refractivity contribution in [1.29, 1.82) is 0 Å². The predicted octanol–water partition coefficient (Wildman–Crippen LogP) is 3.58. The lowest BCUT2D eigenvalue weighted by Crippen LogP contribution is -2.34. The van der Waals surface area contributed by atoms with Gasteiger partial charge >= 0.3 is 0 Å². The molecule has 1 N–H and O–H groups in total. The summed E-state index contributed by atoms with van der Waals surface area (Å²) in [5.41, 5.74) is 0. The van der Waals surface area contributed by atoms with Crippen molar-refractivity contribution in [2.45, 2.75) is 77.7 Å². The zero-order chi connectivity index (χ0) is 14.8. The number of hydrogen-bond acceptors (Lipinski definition) is 2. The number of carbonyl (C=O) groups is 1. The molecule has 3 nitrogen and oxygen atoms in total. The van der Waals surface area contributed by atoms with Gasteiger partial charge in [0.15, 0.2) is 0 Å². The highest BCUT2D eigenvalue weighted by molar-refractivity contribution is 5.75. The lowest BCUT2D eigenvalue weighted by molar-refractivity contribution is -0.121. The Morgan fingerprint density at radius 3 is 2.50 bits per heavy atom. The van der Waals surface area contributed by atoms with Gasteiger partial charge in [-0.2, -0.15) is 0 Å². The largest absolute Gasteiger partial charge is 0.356 e. The Hall–Kier alpha value is -0.570. The van der Waals surface area contributed by atoms with E-state index < -0.39 is 0 Å². The quantitative estimate of drug-likeness (QED) is 0.656. The molecule has 0 aromatic heterocycles. The van der Waals surface area contributed by atoms with E-state index in [1.54, 1.807) is 0 Å². The highest BCUT2D eigenvalue weighted by atomic mass is 16.1. The van der Waals surface area contributed by atoms with Crippen LogP contribution in [0.15, 0.2) is 0 Å². The highest BCUT2D eigenvalue weighted by Gasteiger charge is 2.17. The molecular formula is C17H34N2O. The van der Waals surface area contributed by atoms with Gasteiger partial charge in [0.05, 0.1) is 0 Å². The first-order valence-electron chi connectivity index (χ1n) is 8.56. The smallest absolute Gasteiger partial charge is 0.220 e. The van der Waals surface area contributed by atoms with Gasteiger partial charge in [-0.25, -0.2) is 0 Å². The fraction of sp³-hybridized carbons (Fsp3) is 0.941. The Labute approximate surface area is 125 Å². The Kier molecular flexibility index (Phi) is 8.92. The number of carbonyl (C=O) groups excluding carboxylic acids is 1. The molecule has 118 valence electrons. The van der Waals surface area contributed by atoms with Gasteiger partial charge in [-0.3, -0.25) is 4.79 Å². The van der Waals surface area contributed by atoms with Crippen LogP contribution in [0.1, 0.15) is 71.6 Å². The first kappa shape index (κ1) is 17.5. The number of nitrogens with zero attached hydrogens (tertiary/aromatic N) is 1. The fourth-order valence-electron chi connectivity index (χ4n) is 3.04. The Morgan fingerprint density at radius 1 is 1.15 bits per heavy atom. The van der Waals surface area contributed by atoms with Gasteiger partial charge in [0, 0.05) is 19.0 Å². The van der Waals surface area contributed by atoms with Crippen LogP contribution in [0.5, 0.6) is 0 Å². The second-order valence-electron chi connectivity index (χ2n) is 6.78. The van der Waals surface area contributed by atoms with Crippen LogP contribution >= 0.6 is 0 Å². The van der Waals surface area contributed by atoms with Crippen molar-refractivity contribution in [3.05, 3.63) is 0 Å². The molecule has 0 spiro atoms. The topological polar surface area (TPSA) is 32.3 Å². The van der Waals surface area contributed by atoms with Crippen molar-refractivity contribution in [2.24, 2.45) is 5.92 Å². The van der Waals surface area contributed by atoms with Crippen LogP contribution in [0, 0.1) is 5.92 Å². The van der Waals surface area contributed by atoms with Crippen molar-refractivity contribution in [2.75, 3.05) is 20.1 Å². The van der Waals surface area contributed by atoms with Crippen LogP contribution in [-0.2, 0) is 4.79 Å². The lowest BCUT2D eigenvalue weighted by Gasteiger charge is -2.31. The molecule has 1 aliphatic carbocycles. The Balaban J connectivity index is 1.94. The average molecular weight is 282 g/mol. The van der Waals surface area contributed by atoms with Crippen molar-refractivity contribution >= 4 is 5.91 Å². The summed E-state index contributed by atoms with van der Waals surface area (Å²) < 4.78 is 0. The second kappa shape index (κ2) is 10.2. The van der Waals surface area contributed by atoms with Crippen LogP contribution in [-0.4, -0.2) is 37.0 Å². The molecule has 0 unspecified atom stereocenters. The maximum Gasteiger partial charge on any atom is 0.220 e. The van der Waals surface area contributed by atoms with Crippen LogP contribution in [0.3, 0.4) is 0 Å². The van der Waals surface area contributed by atoms with Crippen LogP contribution in [0.25, 0.3) is 0 Å². The molecular weight excluding hydrogens is 248 g/mol. The van der Waals surface area contributed by atoms with Crippen molar-refractivity contribution in [3.8, 4) is 0 Å². The summed E-state index contributed by atoms with van der Waals surface area (Å²) >= 11 is 0. The second-order valence-corrected chi connectivity index (χ2v) is 6.78. The Bertz CT molecular complexity index is 260. The van der Waals surface area contributed by atoms with E-state index in [2.05, 4.69) is 31.1 Å². The maximum absolute atomic E-state index is 11.5. The van der Waals surface area contributed by atoms with E-state index >= 15 is 0 Å². The summed E-state index contributed by atoms with van der Waals surface area (Å²) in [6, 6.07) is 0.828. The molecule has 0 bridgehead atoms. The summed E-state index contributed by atoms with van der Waals surface area (Å²) in [5, 5.41) is 3.01. The maximum atomic E-state index is 11.5. The standard InChI is InChI=1S/C17H34N2O/c1-15(2)14-17(20)18-12-8-5-9-13-19(3)16-10-6-4-7-11-16/h15-16H,4-14H2,1-3H3,(H,18,20). The van der Waals surface area contributed by atoms with Gasteiger partial charge in [0.2, 0.25) is 5.91 Å². The zero-order valence-electron chi connectivity index (χ0n) is 13.8. The molecule has 0 saturated heterocycles. The molecule has 0 aromatic carbocycles. The Morgan fingerprint density at radius 2 is 1.85 bits per heavy atom. The molecule has 1 aliphatic rings. The normalized spacial score (nSPS) is 16.9. The summed E-state index contributed by atoms with van der Waals surface area (Å²) in [4.78, 5) is 14.0. The van der Waals surface area contributed by atoms with Crippen molar-refractivity contribution < 1.29 is 4.79 Å². The van der Waals surface area contributed by atoms with Gasteiger partial charge in [-0.1, -0.05) is 39.5 Å². The summed E-state index contributed by atoms with van der Waals surface area (Å²) in [6.45, 7) is 6.23. The minimum Gasteiger partial charge on any atom is -0.356 e. The molecule has 3 heteroatoms. The van der Waals surface area contributed by atoms with E-state index in [0.29, 0.717) is 12.3 Å². The van der Waals surface area contributed by atoms with E-state index in [1.165, 1.54) is 51.5 Å². The molecule has 1 fully saturated rings. The third-order valence-electron chi connectivity index (χ3n) is 4.30. The fourth-order valence-corrected chi connectivity index (χ4v) is 3.04. The molecule has 0 radical (unpaired) electrons. The van der Waals surface area contributed by atoms with E-state index in [1.807, 2.05) is 0 Å². The SMILES string of the molecule is CC(C)CC(=O)NCCCCCN(C)C1CCCCC1. The first-order chi connectivity index (χ1) is 9.59. The first-order valence-corrected chi connectivity index (χ1v) is 8.56. The molecule has 1 saturated carbocycles. The van der Waals surface area contributed by atoms with Gasteiger partial charge in [0.25, 0.3) is 0 Å². The van der Waals surface area contributed by atoms with Gasteiger partial charge in [-0.05, 0) is 45.2 Å². The molecule has 0 aliphatic heterocycles. The average Bonchev–Trinajstić information content (AvgIpc) is 2.42. The molecule has 1 rings (SSSR count). The highest BCUT2D eigenvalue weighted by Crippen LogP contribution is 2.21. The van der Waals surface area contributed by atoms with E-state index in [-0.39, 0.29) is 5.91 Å². The monoisotopic (exact) mass is 282 g/mol. The third-order valence-corrected chi connectivity index (χ3v) is 4.30. The van der Waals surface area contributed by atoms with Crippen LogP contribution < -0.4 is 5.32 Å². The molecule has 0 heterocycles. The van der Waals surface area contributed by atoms with Crippen LogP contribution in [0.4, 0.5) is 0 Å². The summed E-state index contributed by atoms with van der Waals surface area (Å²) in [5.74, 6) is 0.665. The number of amides is 1. The minimum atomic E-state index is 0.208. The molecule has 20 heavy (non-hydrogen) atoms. The molecule has 0 atom stereocenters. The number of nitrogens with one attached hydrogen (secondary N) is 1. The van der Waals surface area contributed by atoms with Crippen LogP contribution in [0.2, 0.25) is 0 Å². The molecule has 1 amide bonds. The number of hydrogen-bond donors (Lipinski definition) is 1. The van der Waals surface area contributed by atoms with E-state index in [4.69, 9.17) is 0 Å². The van der Waals surface area contributed by atoms with Gasteiger partial charge in [0.1, 0.15) is 0 Å². The number of unbranched alkanes of at least 4 members (excludes halogenated alkanes) is 2. The van der Waals surface area contributed by atoms with Gasteiger partial charge in [-0.15, -0.1) is 0 Å². The minimum absolute atomic E-state index is 0.208. The predicted molar refractivity (Wildman–Crippen MR) is 85.8 cm³/mol. The summed E-state index contributed by atoms with van der Waals surface area (Å²) in [6.07, 6.45) is 11.3. The van der Waals surface area contributed by atoms with E-state index in [9.17, 15) is 4.79 Å². The van der Waals surface area contributed by atoms with E-state index in [0.717, 1.165) is 19.0 Å². The zero-order valence-corrected chi connectivity index (χ0v) is 13.8. The molecule has 0 aromatic rings. The lowest BCUT2D eigenvalue weighted by atomic mass is 9.94. The summed E-state index contributed by atoms with van der Waals surface area (Å²) in [7, 11) is 2.28. The van der Waals surface area contributed by atoms with Crippen molar-refractivity contribution in [1.82, 2.24) is 10.2 Å². The third kappa shape index (κ3) is 7.88. The van der Waals surface area contributed by atoms with Crippen molar-refractivity contribution in [3.63, 3.8) is 0 Å². The number of rotatable bonds is 9.